The van der Waals surface area contributed by atoms with Gasteiger partial charge in [-0.1, -0.05) is 6.92 Å². The molecule has 1 heterocycles. The van der Waals surface area contributed by atoms with Crippen molar-refractivity contribution in [2.45, 2.75) is 26.8 Å². The average Bonchev–Trinajstić information content (AvgIpc) is 2.35. The van der Waals surface area contributed by atoms with Crippen LogP contribution in [0.1, 0.15) is 24.6 Å². The summed E-state index contributed by atoms with van der Waals surface area (Å²) in [5.74, 6) is 1.08. The predicted molar refractivity (Wildman–Crippen MR) is 82.8 cm³/mol. The van der Waals surface area contributed by atoms with Gasteiger partial charge < -0.3 is 15.1 Å². The molecular weight excluding hydrogens is 236 g/mol. The van der Waals surface area contributed by atoms with Gasteiger partial charge in [0.25, 0.3) is 0 Å². The van der Waals surface area contributed by atoms with Crippen molar-refractivity contribution in [2.75, 3.05) is 45.7 Å². The van der Waals surface area contributed by atoms with E-state index < -0.39 is 0 Å². The molecule has 1 aromatic rings. The lowest BCUT2D eigenvalue weighted by atomic mass is 10.2. The van der Waals surface area contributed by atoms with Crippen molar-refractivity contribution in [1.82, 2.24) is 15.2 Å². The number of nitrogens with zero attached hydrogens (tertiary/aromatic N) is 3. The summed E-state index contributed by atoms with van der Waals surface area (Å²) in [4.78, 5) is 9.08. The second kappa shape index (κ2) is 8.12. The number of aryl methyl sites for hydroxylation is 1. The Morgan fingerprint density at radius 2 is 1.89 bits per heavy atom. The van der Waals surface area contributed by atoms with Crippen LogP contribution in [0, 0.1) is 6.92 Å². The van der Waals surface area contributed by atoms with Crippen LogP contribution in [-0.2, 0) is 6.54 Å². The third kappa shape index (κ3) is 6.03. The van der Waals surface area contributed by atoms with Gasteiger partial charge in [-0.25, -0.2) is 4.98 Å². The van der Waals surface area contributed by atoms with E-state index in [4.69, 9.17) is 0 Å². The summed E-state index contributed by atoms with van der Waals surface area (Å²) in [6, 6.07) is 4.34. The first kappa shape index (κ1) is 15.9. The zero-order chi connectivity index (χ0) is 14.3. The molecule has 0 aliphatic carbocycles. The van der Waals surface area contributed by atoms with Crippen molar-refractivity contribution >= 4 is 5.82 Å². The maximum atomic E-state index is 4.62. The van der Waals surface area contributed by atoms with Crippen molar-refractivity contribution in [1.29, 1.82) is 0 Å². The highest BCUT2D eigenvalue weighted by Gasteiger charge is 2.05. The van der Waals surface area contributed by atoms with E-state index in [1.165, 1.54) is 5.56 Å². The Balaban J connectivity index is 2.62. The standard InChI is InChI=1S/C15H28N4/c1-6-16-12-14-10-13(2)17-15(11-14)19(5)9-7-8-18(3)4/h10-11,16H,6-9,12H2,1-5H3. The molecule has 4 nitrogen and oxygen atoms in total. The van der Waals surface area contributed by atoms with Crippen LogP contribution in [-0.4, -0.2) is 50.7 Å². The fourth-order valence-electron chi connectivity index (χ4n) is 2.03. The van der Waals surface area contributed by atoms with E-state index >= 15 is 0 Å². The van der Waals surface area contributed by atoms with Gasteiger partial charge in [0.05, 0.1) is 0 Å². The minimum atomic E-state index is 0.915. The van der Waals surface area contributed by atoms with Gasteiger partial charge >= 0.3 is 0 Å². The molecule has 0 unspecified atom stereocenters. The molecule has 0 amide bonds. The van der Waals surface area contributed by atoms with Crippen molar-refractivity contribution in [3.8, 4) is 0 Å². The molecule has 0 aliphatic heterocycles. The Hall–Kier alpha value is -1.13. The molecule has 0 aliphatic rings. The summed E-state index contributed by atoms with van der Waals surface area (Å²) in [7, 11) is 6.34. The van der Waals surface area contributed by atoms with Gasteiger partial charge in [0.2, 0.25) is 0 Å². The van der Waals surface area contributed by atoms with Crippen LogP contribution in [0.15, 0.2) is 12.1 Å². The minimum Gasteiger partial charge on any atom is -0.360 e. The third-order valence-corrected chi connectivity index (χ3v) is 3.07. The number of anilines is 1. The van der Waals surface area contributed by atoms with E-state index in [0.717, 1.165) is 44.1 Å². The maximum absolute atomic E-state index is 4.62. The second-order valence-electron chi connectivity index (χ2n) is 5.33. The van der Waals surface area contributed by atoms with E-state index in [1.54, 1.807) is 0 Å². The summed E-state index contributed by atoms with van der Waals surface area (Å²) in [6.07, 6.45) is 1.15. The van der Waals surface area contributed by atoms with Gasteiger partial charge in [0.15, 0.2) is 0 Å². The van der Waals surface area contributed by atoms with Crippen molar-refractivity contribution in [3.05, 3.63) is 23.4 Å². The van der Waals surface area contributed by atoms with Gasteiger partial charge in [-0.3, -0.25) is 0 Å². The van der Waals surface area contributed by atoms with Crippen LogP contribution in [0.3, 0.4) is 0 Å². The Bertz CT molecular complexity index is 376. The van der Waals surface area contributed by atoms with Crippen LogP contribution in [0.2, 0.25) is 0 Å². The van der Waals surface area contributed by atoms with E-state index in [9.17, 15) is 0 Å². The Morgan fingerprint density at radius 1 is 1.16 bits per heavy atom. The number of hydrogen-bond donors (Lipinski definition) is 1. The molecule has 108 valence electrons. The third-order valence-electron chi connectivity index (χ3n) is 3.07. The SMILES string of the molecule is CCNCc1cc(C)nc(N(C)CCCN(C)C)c1. The monoisotopic (exact) mass is 264 g/mol. The van der Waals surface area contributed by atoms with Gasteiger partial charge in [0.1, 0.15) is 5.82 Å². The van der Waals surface area contributed by atoms with Crippen LogP contribution in [0.5, 0.6) is 0 Å². The Kier molecular flexibility index (Phi) is 6.81. The second-order valence-corrected chi connectivity index (χ2v) is 5.33. The van der Waals surface area contributed by atoms with Crippen LogP contribution in [0.25, 0.3) is 0 Å². The van der Waals surface area contributed by atoms with E-state index in [1.807, 2.05) is 0 Å². The van der Waals surface area contributed by atoms with Gasteiger partial charge in [-0.15, -0.1) is 0 Å². The molecule has 1 rings (SSSR count). The first-order valence-electron chi connectivity index (χ1n) is 7.07. The molecule has 0 radical (unpaired) electrons. The smallest absolute Gasteiger partial charge is 0.128 e. The first-order chi connectivity index (χ1) is 9.02. The van der Waals surface area contributed by atoms with Crippen LogP contribution in [0.4, 0.5) is 5.82 Å². The largest absolute Gasteiger partial charge is 0.360 e. The highest BCUT2D eigenvalue weighted by Crippen LogP contribution is 2.14. The molecule has 19 heavy (non-hydrogen) atoms. The Labute approximate surface area is 117 Å². The molecule has 0 saturated carbocycles. The molecule has 1 aromatic heterocycles. The molecule has 4 heteroatoms. The molecule has 0 spiro atoms. The number of nitrogens with one attached hydrogen (secondary N) is 1. The Morgan fingerprint density at radius 3 is 2.53 bits per heavy atom. The van der Waals surface area contributed by atoms with E-state index in [-0.39, 0.29) is 0 Å². The van der Waals surface area contributed by atoms with E-state index in [2.05, 4.69) is 67.2 Å². The zero-order valence-corrected chi connectivity index (χ0v) is 13.0. The van der Waals surface area contributed by atoms with Crippen molar-refractivity contribution < 1.29 is 0 Å². The van der Waals surface area contributed by atoms with Gasteiger partial charge in [0, 0.05) is 25.8 Å². The number of pyridine rings is 1. The van der Waals surface area contributed by atoms with Crippen LogP contribution >= 0.6 is 0 Å². The highest BCUT2D eigenvalue weighted by atomic mass is 15.2. The quantitative estimate of drug-likeness (QED) is 0.777. The summed E-state index contributed by atoms with van der Waals surface area (Å²) < 4.78 is 0. The fourth-order valence-corrected chi connectivity index (χ4v) is 2.03. The molecule has 1 N–H and O–H groups in total. The molecular formula is C15H28N4. The molecule has 0 atom stereocenters. The number of hydrogen-bond acceptors (Lipinski definition) is 4. The van der Waals surface area contributed by atoms with Gasteiger partial charge in [-0.05, 0) is 58.2 Å². The topological polar surface area (TPSA) is 31.4 Å². The molecule has 0 bridgehead atoms. The lowest BCUT2D eigenvalue weighted by Gasteiger charge is -2.20. The number of rotatable bonds is 8. The van der Waals surface area contributed by atoms with Crippen molar-refractivity contribution in [2.24, 2.45) is 0 Å². The van der Waals surface area contributed by atoms with Crippen LogP contribution < -0.4 is 10.2 Å². The zero-order valence-electron chi connectivity index (χ0n) is 13.0. The fraction of sp³-hybridized carbons (Fsp3) is 0.667. The molecule has 0 saturated heterocycles. The molecule has 0 aromatic carbocycles. The minimum absolute atomic E-state index is 0.915. The van der Waals surface area contributed by atoms with E-state index in [0.29, 0.717) is 0 Å². The first-order valence-corrected chi connectivity index (χ1v) is 7.07. The average molecular weight is 264 g/mol. The summed E-state index contributed by atoms with van der Waals surface area (Å²) in [5.41, 5.74) is 2.40. The number of aromatic nitrogens is 1. The summed E-state index contributed by atoms with van der Waals surface area (Å²) >= 11 is 0. The predicted octanol–water partition coefficient (Wildman–Crippen LogP) is 1.89. The van der Waals surface area contributed by atoms with Crippen molar-refractivity contribution in [3.63, 3.8) is 0 Å². The molecule has 0 fully saturated rings. The summed E-state index contributed by atoms with van der Waals surface area (Å²) in [6.45, 7) is 8.25. The highest BCUT2D eigenvalue weighted by molar-refractivity contribution is 5.41. The summed E-state index contributed by atoms with van der Waals surface area (Å²) in [5, 5.41) is 3.36. The lowest BCUT2D eigenvalue weighted by molar-refractivity contribution is 0.401. The lowest BCUT2D eigenvalue weighted by Crippen LogP contribution is -2.24. The maximum Gasteiger partial charge on any atom is 0.128 e. The normalized spacial score (nSPS) is 11.1. The van der Waals surface area contributed by atoms with Gasteiger partial charge in [-0.2, -0.15) is 0 Å².